The van der Waals surface area contributed by atoms with Crippen LogP contribution in [0.4, 0.5) is 0 Å². The molecule has 150 valence electrons. The second-order valence-electron chi connectivity index (χ2n) is 6.72. The van der Waals surface area contributed by atoms with Crippen LogP contribution in [0.15, 0.2) is 48.5 Å². The molecular formula is C22H27ClN2O3. The van der Waals surface area contributed by atoms with Gasteiger partial charge in [0.25, 0.3) is 5.91 Å². The molecule has 0 bridgehead atoms. The molecule has 0 aliphatic carbocycles. The highest BCUT2D eigenvalue weighted by molar-refractivity contribution is 6.30. The summed E-state index contributed by atoms with van der Waals surface area (Å²) in [6.45, 7) is 6.49. The van der Waals surface area contributed by atoms with Crippen LogP contribution < -0.4 is 10.1 Å². The van der Waals surface area contributed by atoms with E-state index in [1.54, 1.807) is 36.1 Å². The maximum Gasteiger partial charge on any atom is 0.261 e. The first kappa shape index (κ1) is 21.8. The van der Waals surface area contributed by atoms with Gasteiger partial charge in [0.15, 0.2) is 6.61 Å². The Labute approximate surface area is 171 Å². The third kappa shape index (κ3) is 6.57. The smallest absolute Gasteiger partial charge is 0.261 e. The Morgan fingerprint density at radius 3 is 2.36 bits per heavy atom. The summed E-state index contributed by atoms with van der Waals surface area (Å²) in [5, 5.41) is 3.45. The highest BCUT2D eigenvalue weighted by Gasteiger charge is 2.26. The predicted molar refractivity (Wildman–Crippen MR) is 111 cm³/mol. The normalized spacial score (nSPS) is 11.6. The molecule has 1 atom stereocenters. The van der Waals surface area contributed by atoms with E-state index in [0.717, 1.165) is 17.5 Å². The number of amides is 2. The SMILES string of the molecule is CCCNC(=O)[C@@H](C)N(Cc1ccc(C)cc1)C(=O)COc1ccc(Cl)cc1. The summed E-state index contributed by atoms with van der Waals surface area (Å²) in [7, 11) is 0. The van der Waals surface area contributed by atoms with Gasteiger partial charge in [-0.15, -0.1) is 0 Å². The molecule has 2 amide bonds. The van der Waals surface area contributed by atoms with Gasteiger partial charge in [-0.3, -0.25) is 9.59 Å². The van der Waals surface area contributed by atoms with Gasteiger partial charge < -0.3 is 15.0 Å². The van der Waals surface area contributed by atoms with Crippen molar-refractivity contribution in [1.29, 1.82) is 0 Å². The molecule has 0 saturated carbocycles. The van der Waals surface area contributed by atoms with Crippen LogP contribution in [0.3, 0.4) is 0 Å². The second kappa shape index (κ2) is 10.7. The molecule has 0 fully saturated rings. The van der Waals surface area contributed by atoms with Crippen LogP contribution in [0.2, 0.25) is 5.02 Å². The fourth-order valence-electron chi connectivity index (χ4n) is 2.63. The third-order valence-corrected chi connectivity index (χ3v) is 4.62. The summed E-state index contributed by atoms with van der Waals surface area (Å²) in [4.78, 5) is 26.9. The van der Waals surface area contributed by atoms with Gasteiger partial charge >= 0.3 is 0 Å². The molecule has 28 heavy (non-hydrogen) atoms. The van der Waals surface area contributed by atoms with Crippen molar-refractivity contribution in [2.45, 2.75) is 39.8 Å². The minimum Gasteiger partial charge on any atom is -0.484 e. The topological polar surface area (TPSA) is 58.6 Å². The monoisotopic (exact) mass is 402 g/mol. The molecule has 0 aliphatic rings. The molecule has 0 saturated heterocycles. The number of nitrogens with one attached hydrogen (secondary N) is 1. The van der Waals surface area contributed by atoms with E-state index in [9.17, 15) is 9.59 Å². The average Bonchev–Trinajstić information content (AvgIpc) is 2.70. The Morgan fingerprint density at radius 2 is 1.75 bits per heavy atom. The van der Waals surface area contributed by atoms with Crippen LogP contribution in [-0.4, -0.2) is 35.9 Å². The molecule has 2 aromatic rings. The lowest BCUT2D eigenvalue weighted by molar-refractivity contribution is -0.142. The molecule has 0 unspecified atom stereocenters. The van der Waals surface area contributed by atoms with Gasteiger partial charge in [0, 0.05) is 18.1 Å². The van der Waals surface area contributed by atoms with Crippen LogP contribution in [0.25, 0.3) is 0 Å². The number of hydrogen-bond acceptors (Lipinski definition) is 3. The van der Waals surface area contributed by atoms with Crippen LogP contribution in [0.5, 0.6) is 5.75 Å². The highest BCUT2D eigenvalue weighted by Crippen LogP contribution is 2.16. The van der Waals surface area contributed by atoms with E-state index in [4.69, 9.17) is 16.3 Å². The molecule has 0 heterocycles. The van der Waals surface area contributed by atoms with E-state index in [1.165, 1.54) is 0 Å². The second-order valence-corrected chi connectivity index (χ2v) is 7.15. The van der Waals surface area contributed by atoms with Crippen LogP contribution in [0.1, 0.15) is 31.4 Å². The number of halogens is 1. The molecule has 0 radical (unpaired) electrons. The van der Waals surface area contributed by atoms with E-state index in [-0.39, 0.29) is 18.4 Å². The van der Waals surface area contributed by atoms with Gasteiger partial charge in [-0.1, -0.05) is 48.4 Å². The summed E-state index contributed by atoms with van der Waals surface area (Å²) in [5.41, 5.74) is 2.10. The lowest BCUT2D eigenvalue weighted by Gasteiger charge is -2.28. The summed E-state index contributed by atoms with van der Waals surface area (Å²) in [5.74, 6) is 0.125. The minimum atomic E-state index is -0.603. The first-order valence-electron chi connectivity index (χ1n) is 9.41. The number of benzene rings is 2. The third-order valence-electron chi connectivity index (χ3n) is 4.37. The quantitative estimate of drug-likeness (QED) is 0.690. The lowest BCUT2D eigenvalue weighted by atomic mass is 10.1. The van der Waals surface area contributed by atoms with Crippen molar-refractivity contribution in [3.63, 3.8) is 0 Å². The Kier molecular flexibility index (Phi) is 8.33. The van der Waals surface area contributed by atoms with Gasteiger partial charge in [-0.25, -0.2) is 0 Å². The molecule has 2 rings (SSSR count). The zero-order valence-corrected chi connectivity index (χ0v) is 17.3. The average molecular weight is 403 g/mol. The van der Waals surface area contributed by atoms with E-state index in [2.05, 4.69) is 5.32 Å². The number of nitrogens with zero attached hydrogens (tertiary/aromatic N) is 1. The number of rotatable bonds is 9. The minimum absolute atomic E-state index is 0.154. The van der Waals surface area contributed by atoms with Crippen LogP contribution >= 0.6 is 11.6 Å². The van der Waals surface area contributed by atoms with Gasteiger partial charge in [-0.2, -0.15) is 0 Å². The molecule has 0 spiro atoms. The first-order chi connectivity index (χ1) is 13.4. The van der Waals surface area contributed by atoms with E-state index in [0.29, 0.717) is 23.9 Å². The number of carbonyl (C=O) groups excluding carboxylic acids is 2. The summed E-state index contributed by atoms with van der Waals surface area (Å²) in [6.07, 6.45) is 0.837. The zero-order valence-electron chi connectivity index (χ0n) is 16.6. The Morgan fingerprint density at radius 1 is 1.11 bits per heavy atom. The lowest BCUT2D eigenvalue weighted by Crippen LogP contribution is -2.49. The number of hydrogen-bond donors (Lipinski definition) is 1. The van der Waals surface area contributed by atoms with Gasteiger partial charge in [0.05, 0.1) is 0 Å². The maximum atomic E-state index is 12.9. The summed E-state index contributed by atoms with van der Waals surface area (Å²) < 4.78 is 5.59. The van der Waals surface area contributed by atoms with Gasteiger partial charge in [-0.05, 0) is 50.1 Å². The Hall–Kier alpha value is -2.53. The van der Waals surface area contributed by atoms with Crippen molar-refractivity contribution in [2.24, 2.45) is 0 Å². The van der Waals surface area contributed by atoms with Crippen molar-refractivity contribution in [2.75, 3.05) is 13.2 Å². The molecule has 0 aliphatic heterocycles. The fraction of sp³-hybridized carbons (Fsp3) is 0.364. The van der Waals surface area contributed by atoms with E-state index < -0.39 is 6.04 Å². The largest absolute Gasteiger partial charge is 0.484 e. The van der Waals surface area contributed by atoms with Gasteiger partial charge in [0.1, 0.15) is 11.8 Å². The standard InChI is InChI=1S/C22H27ClN2O3/c1-4-13-24-22(27)17(3)25(14-18-7-5-16(2)6-8-18)21(26)15-28-20-11-9-19(23)10-12-20/h5-12,17H,4,13-15H2,1-3H3,(H,24,27)/t17-/m1/s1. The number of carbonyl (C=O) groups is 2. The Bertz CT molecular complexity index is 775. The zero-order chi connectivity index (χ0) is 20.5. The summed E-state index contributed by atoms with van der Waals surface area (Å²) >= 11 is 5.87. The molecule has 0 aromatic heterocycles. The maximum absolute atomic E-state index is 12.9. The molecule has 6 heteroatoms. The van der Waals surface area contributed by atoms with Gasteiger partial charge in [0.2, 0.25) is 5.91 Å². The first-order valence-corrected chi connectivity index (χ1v) is 9.79. The predicted octanol–water partition coefficient (Wildman–Crippen LogP) is 3.97. The van der Waals surface area contributed by atoms with E-state index in [1.807, 2.05) is 38.1 Å². The molecule has 2 aromatic carbocycles. The number of ether oxygens (including phenoxy) is 1. The number of aryl methyl sites for hydroxylation is 1. The molecule has 5 nitrogen and oxygen atoms in total. The fourth-order valence-corrected chi connectivity index (χ4v) is 2.75. The van der Waals surface area contributed by atoms with Crippen molar-refractivity contribution < 1.29 is 14.3 Å². The van der Waals surface area contributed by atoms with E-state index >= 15 is 0 Å². The van der Waals surface area contributed by atoms with Crippen molar-refractivity contribution in [3.8, 4) is 5.75 Å². The molecule has 1 N–H and O–H groups in total. The van der Waals surface area contributed by atoms with Crippen molar-refractivity contribution in [3.05, 3.63) is 64.7 Å². The van der Waals surface area contributed by atoms with Crippen molar-refractivity contribution >= 4 is 23.4 Å². The van der Waals surface area contributed by atoms with Crippen molar-refractivity contribution in [1.82, 2.24) is 10.2 Å². The van der Waals surface area contributed by atoms with Crippen LogP contribution in [0, 0.1) is 6.92 Å². The molecular weight excluding hydrogens is 376 g/mol. The highest BCUT2D eigenvalue weighted by atomic mass is 35.5. The van der Waals surface area contributed by atoms with Crippen LogP contribution in [-0.2, 0) is 16.1 Å². The summed E-state index contributed by atoms with van der Waals surface area (Å²) in [6, 6.07) is 14.1. The Balaban J connectivity index is 2.10.